The molecule has 0 aliphatic heterocycles. The number of methoxy groups -OCH3 is 1. The van der Waals surface area contributed by atoms with Crippen LogP contribution in [0.25, 0.3) is 5.69 Å². The van der Waals surface area contributed by atoms with Crippen LogP contribution in [0.2, 0.25) is 0 Å². The highest BCUT2D eigenvalue weighted by molar-refractivity contribution is 7.90. The largest absolute Gasteiger partial charge is 0.545 e. The summed E-state index contributed by atoms with van der Waals surface area (Å²) in [5.74, 6) is -1.10. The summed E-state index contributed by atoms with van der Waals surface area (Å²) >= 11 is 0. The van der Waals surface area contributed by atoms with Crippen LogP contribution in [-0.4, -0.2) is 41.7 Å². The van der Waals surface area contributed by atoms with Crippen LogP contribution in [0.1, 0.15) is 15.9 Å². The maximum atomic E-state index is 12.7. The highest BCUT2D eigenvalue weighted by atomic mass is 32.2. The van der Waals surface area contributed by atoms with E-state index in [4.69, 9.17) is 4.74 Å². The number of rotatable bonds is 6. The first-order valence-electron chi connectivity index (χ1n) is 7.36. The van der Waals surface area contributed by atoms with Gasteiger partial charge >= 0.3 is 0 Å². The Balaban J connectivity index is 1.90. The fraction of sp³-hybridized carbons (Fsp3) is 0.125. The van der Waals surface area contributed by atoms with Crippen LogP contribution in [0.3, 0.4) is 0 Å². The molecule has 0 amide bonds. The van der Waals surface area contributed by atoms with Crippen molar-refractivity contribution in [1.82, 2.24) is 20.2 Å². The van der Waals surface area contributed by atoms with Crippen molar-refractivity contribution < 1.29 is 23.1 Å². The monoisotopic (exact) mass is 373 g/mol. The highest BCUT2D eigenvalue weighted by Crippen LogP contribution is 2.19. The van der Waals surface area contributed by atoms with Gasteiger partial charge in [-0.1, -0.05) is 29.4 Å². The normalized spacial score (nSPS) is 11.3. The number of carbonyl (C=O) groups is 1. The Hall–Kier alpha value is -3.27. The molecule has 0 spiro atoms. The minimum absolute atomic E-state index is 0.0331. The van der Waals surface area contributed by atoms with Crippen LogP contribution in [0, 0.1) is 0 Å². The molecule has 0 saturated carbocycles. The van der Waals surface area contributed by atoms with Gasteiger partial charge in [-0.25, -0.2) is 8.42 Å². The van der Waals surface area contributed by atoms with Crippen molar-refractivity contribution in [2.45, 2.75) is 10.9 Å². The van der Waals surface area contributed by atoms with Gasteiger partial charge < -0.3 is 14.6 Å². The topological polar surface area (TPSA) is 127 Å². The quantitative estimate of drug-likeness (QED) is 0.591. The zero-order valence-corrected chi connectivity index (χ0v) is 14.4. The predicted octanol–water partition coefficient (Wildman–Crippen LogP) is 0.00830. The number of aromatic carboxylic acids is 1. The third kappa shape index (κ3) is 3.54. The lowest BCUT2D eigenvalue weighted by molar-refractivity contribution is -0.255. The summed E-state index contributed by atoms with van der Waals surface area (Å²) in [6.45, 7) is 0. The molecule has 0 unspecified atom stereocenters. The maximum Gasteiger partial charge on any atom is 0.272 e. The van der Waals surface area contributed by atoms with Gasteiger partial charge in [0.05, 0.1) is 24.5 Å². The Morgan fingerprint density at radius 1 is 1.12 bits per heavy atom. The summed E-state index contributed by atoms with van der Waals surface area (Å²) in [5, 5.41) is 21.3. The molecule has 0 N–H and O–H groups in total. The number of hydrogen-bond donors (Lipinski definition) is 0. The van der Waals surface area contributed by atoms with Crippen molar-refractivity contribution >= 4 is 15.8 Å². The van der Waals surface area contributed by atoms with E-state index in [1.807, 2.05) is 0 Å². The van der Waals surface area contributed by atoms with E-state index in [0.717, 1.165) is 4.68 Å². The van der Waals surface area contributed by atoms with Crippen molar-refractivity contribution in [2.24, 2.45) is 0 Å². The molecule has 0 fully saturated rings. The Morgan fingerprint density at radius 3 is 2.35 bits per heavy atom. The van der Waals surface area contributed by atoms with E-state index in [9.17, 15) is 18.3 Å². The zero-order chi connectivity index (χ0) is 18.7. The average molecular weight is 373 g/mol. The van der Waals surface area contributed by atoms with E-state index < -0.39 is 15.8 Å². The molecule has 1 aromatic heterocycles. The number of carbonyl (C=O) groups excluding carboxylic acids is 1. The molecule has 3 aromatic rings. The number of carboxylic acids is 1. The molecule has 26 heavy (non-hydrogen) atoms. The van der Waals surface area contributed by atoms with Gasteiger partial charge in [-0.15, -0.1) is 0 Å². The highest BCUT2D eigenvalue weighted by Gasteiger charge is 2.24. The Kier molecular flexibility index (Phi) is 4.67. The summed E-state index contributed by atoms with van der Waals surface area (Å²) in [5.41, 5.74) is 0.829. The lowest BCUT2D eigenvalue weighted by atomic mass is 10.1. The molecule has 0 radical (unpaired) electrons. The fourth-order valence-corrected chi connectivity index (χ4v) is 3.61. The van der Waals surface area contributed by atoms with Crippen molar-refractivity contribution in [3.8, 4) is 11.4 Å². The minimum atomic E-state index is -3.87. The summed E-state index contributed by atoms with van der Waals surface area (Å²) in [6.07, 6.45) is 0. The summed E-state index contributed by atoms with van der Waals surface area (Å²) in [4.78, 5) is 10.8. The SMILES string of the molecule is COc1ccc(-n2nnnc2S(=O)(=O)Cc2ccc(C(=O)[O-])cc2)cc1. The Bertz CT molecular complexity index is 1030. The van der Waals surface area contributed by atoms with Crippen LogP contribution < -0.4 is 9.84 Å². The number of nitrogens with zero attached hydrogens (tertiary/aromatic N) is 4. The molecule has 0 bridgehead atoms. The Morgan fingerprint density at radius 2 is 1.77 bits per heavy atom. The first-order valence-corrected chi connectivity index (χ1v) is 9.02. The molecular weight excluding hydrogens is 360 g/mol. The molecule has 134 valence electrons. The summed E-state index contributed by atoms with van der Waals surface area (Å²) < 4.78 is 31.5. The van der Waals surface area contributed by atoms with Gasteiger partial charge in [0.2, 0.25) is 9.84 Å². The van der Waals surface area contributed by atoms with Crippen LogP contribution in [0.5, 0.6) is 5.75 Å². The van der Waals surface area contributed by atoms with Crippen LogP contribution in [-0.2, 0) is 15.6 Å². The number of tetrazole rings is 1. The van der Waals surface area contributed by atoms with E-state index in [1.54, 1.807) is 24.3 Å². The molecule has 1 heterocycles. The molecule has 0 atom stereocenters. The summed E-state index contributed by atoms with van der Waals surface area (Å²) in [7, 11) is -2.34. The number of sulfone groups is 1. The van der Waals surface area contributed by atoms with Gasteiger partial charge in [0.1, 0.15) is 5.75 Å². The second kappa shape index (κ2) is 6.92. The number of ether oxygens (including phenoxy) is 1. The van der Waals surface area contributed by atoms with Crippen molar-refractivity contribution in [3.05, 3.63) is 59.7 Å². The number of hydrogen-bond acceptors (Lipinski definition) is 8. The van der Waals surface area contributed by atoms with Crippen LogP contribution in [0.4, 0.5) is 0 Å². The molecular formula is C16H13N4O5S-. The maximum absolute atomic E-state index is 12.7. The van der Waals surface area contributed by atoms with Crippen molar-refractivity contribution in [3.63, 3.8) is 0 Å². The van der Waals surface area contributed by atoms with E-state index in [1.165, 1.54) is 31.4 Å². The second-order valence-electron chi connectivity index (χ2n) is 5.31. The molecule has 0 saturated heterocycles. The smallest absolute Gasteiger partial charge is 0.272 e. The van der Waals surface area contributed by atoms with Gasteiger partial charge in [0.25, 0.3) is 5.16 Å². The predicted molar refractivity (Wildman–Crippen MR) is 87.4 cm³/mol. The van der Waals surface area contributed by atoms with E-state index >= 15 is 0 Å². The standard InChI is InChI=1S/C16H14N4O5S/c1-25-14-8-6-13(7-9-14)20-16(17-18-19-20)26(23,24)10-11-2-4-12(5-3-11)15(21)22/h2-9H,10H2,1H3,(H,21,22)/p-1. The van der Waals surface area contributed by atoms with Crippen LogP contribution >= 0.6 is 0 Å². The molecule has 3 rings (SSSR count). The Labute approximate surface area is 148 Å². The third-order valence-electron chi connectivity index (χ3n) is 3.58. The number of aromatic nitrogens is 4. The van der Waals surface area contributed by atoms with Crippen molar-refractivity contribution in [1.29, 1.82) is 0 Å². The molecule has 0 aliphatic carbocycles. The van der Waals surface area contributed by atoms with E-state index in [-0.39, 0.29) is 16.5 Å². The van der Waals surface area contributed by atoms with E-state index in [2.05, 4.69) is 15.5 Å². The van der Waals surface area contributed by atoms with Crippen molar-refractivity contribution in [2.75, 3.05) is 7.11 Å². The van der Waals surface area contributed by atoms with Gasteiger partial charge in [0.15, 0.2) is 0 Å². The molecule has 0 aliphatic rings. The summed E-state index contributed by atoms with van der Waals surface area (Å²) in [6, 6.07) is 12.0. The van der Waals surface area contributed by atoms with Gasteiger partial charge in [-0.2, -0.15) is 4.68 Å². The first-order chi connectivity index (χ1) is 12.4. The zero-order valence-electron chi connectivity index (χ0n) is 13.6. The second-order valence-corrected chi connectivity index (χ2v) is 7.20. The fourth-order valence-electron chi connectivity index (χ4n) is 2.28. The average Bonchev–Trinajstić information content (AvgIpc) is 3.13. The molecule has 10 heteroatoms. The molecule has 2 aromatic carbocycles. The third-order valence-corrected chi connectivity index (χ3v) is 5.11. The molecule has 9 nitrogen and oxygen atoms in total. The van der Waals surface area contributed by atoms with Gasteiger partial charge in [-0.3, -0.25) is 0 Å². The lowest BCUT2D eigenvalue weighted by Gasteiger charge is -2.08. The van der Waals surface area contributed by atoms with Gasteiger partial charge in [0, 0.05) is 0 Å². The van der Waals surface area contributed by atoms with E-state index in [0.29, 0.717) is 17.0 Å². The van der Waals surface area contributed by atoms with Crippen LogP contribution in [0.15, 0.2) is 53.7 Å². The van der Waals surface area contributed by atoms with Gasteiger partial charge in [-0.05, 0) is 45.8 Å². The number of carboxylic acid groups (broad SMARTS) is 1. The number of benzene rings is 2. The lowest BCUT2D eigenvalue weighted by Crippen LogP contribution is -2.22. The first kappa shape index (κ1) is 17.5. The minimum Gasteiger partial charge on any atom is -0.545 e.